The summed E-state index contributed by atoms with van der Waals surface area (Å²) in [5.41, 5.74) is 1.84. The molecular formula is C17H16Cl2N4O3S. The number of amides is 1. The van der Waals surface area contributed by atoms with Crippen LogP contribution in [0.3, 0.4) is 0 Å². The van der Waals surface area contributed by atoms with Crippen LogP contribution in [0, 0.1) is 0 Å². The van der Waals surface area contributed by atoms with Crippen molar-refractivity contribution in [3.63, 3.8) is 0 Å². The molecule has 0 spiro atoms. The van der Waals surface area contributed by atoms with E-state index in [1.807, 2.05) is 6.07 Å². The molecule has 0 saturated heterocycles. The topological polar surface area (TPSA) is 107 Å². The number of pyridine rings is 1. The fourth-order valence-corrected chi connectivity index (χ4v) is 3.96. The van der Waals surface area contributed by atoms with E-state index in [1.54, 1.807) is 36.7 Å². The zero-order chi connectivity index (χ0) is 19.9. The second-order valence-electron chi connectivity index (χ2n) is 6.09. The average molecular weight is 427 g/mol. The number of aromatic nitrogens is 2. The summed E-state index contributed by atoms with van der Waals surface area (Å²) in [5.74, 6) is -0.302. The van der Waals surface area contributed by atoms with Crippen molar-refractivity contribution in [2.75, 3.05) is 0 Å². The van der Waals surface area contributed by atoms with Crippen LogP contribution in [0.25, 0.3) is 10.9 Å². The quantitative estimate of drug-likeness (QED) is 0.668. The maximum atomic E-state index is 12.7. The maximum Gasteiger partial charge on any atom is 0.268 e. The summed E-state index contributed by atoms with van der Waals surface area (Å²) in [6.07, 6.45) is 1.32. The van der Waals surface area contributed by atoms with E-state index in [0.29, 0.717) is 16.3 Å². The Morgan fingerprint density at radius 2 is 1.96 bits per heavy atom. The van der Waals surface area contributed by atoms with Gasteiger partial charge < -0.3 is 9.88 Å². The maximum absolute atomic E-state index is 12.7. The summed E-state index contributed by atoms with van der Waals surface area (Å²) in [5, 5.41) is 8.86. The van der Waals surface area contributed by atoms with Crippen molar-refractivity contribution < 1.29 is 13.2 Å². The van der Waals surface area contributed by atoms with Crippen molar-refractivity contribution in [2.24, 2.45) is 12.2 Å². The molecule has 3 aromatic rings. The second kappa shape index (κ2) is 7.12. The molecule has 2 heterocycles. The third-order valence-electron chi connectivity index (χ3n) is 4.19. The van der Waals surface area contributed by atoms with Crippen LogP contribution in [0.1, 0.15) is 29.0 Å². The molecule has 10 heteroatoms. The molecule has 0 fully saturated rings. The average Bonchev–Trinajstić information content (AvgIpc) is 2.90. The first-order valence-electron chi connectivity index (χ1n) is 7.82. The Labute approximate surface area is 166 Å². The number of nitrogens with one attached hydrogen (secondary N) is 1. The minimum absolute atomic E-state index is 0.102. The molecule has 0 aliphatic heterocycles. The normalized spacial score (nSPS) is 12.9. The monoisotopic (exact) mass is 426 g/mol. The van der Waals surface area contributed by atoms with Gasteiger partial charge in [0, 0.05) is 29.2 Å². The van der Waals surface area contributed by atoms with E-state index in [2.05, 4.69) is 10.3 Å². The van der Waals surface area contributed by atoms with Crippen LogP contribution >= 0.6 is 23.2 Å². The molecule has 3 rings (SSSR count). The van der Waals surface area contributed by atoms with Crippen molar-refractivity contribution in [3.05, 3.63) is 57.8 Å². The molecule has 1 aromatic carbocycles. The fourth-order valence-electron chi connectivity index (χ4n) is 2.76. The Hall–Kier alpha value is -2.13. The first-order chi connectivity index (χ1) is 12.6. The molecule has 1 unspecified atom stereocenters. The summed E-state index contributed by atoms with van der Waals surface area (Å²) < 4.78 is 24.5. The lowest BCUT2D eigenvalue weighted by Gasteiger charge is -2.15. The van der Waals surface area contributed by atoms with Gasteiger partial charge in [-0.1, -0.05) is 29.3 Å². The zero-order valence-electron chi connectivity index (χ0n) is 14.4. The molecule has 0 bridgehead atoms. The summed E-state index contributed by atoms with van der Waals surface area (Å²) >= 11 is 12.0. The number of nitrogens with two attached hydrogens (primary N) is 1. The number of aryl methyl sites for hydroxylation is 1. The Kier molecular flexibility index (Phi) is 5.18. The molecule has 2 aromatic heterocycles. The van der Waals surface area contributed by atoms with Crippen molar-refractivity contribution in [3.8, 4) is 0 Å². The van der Waals surface area contributed by atoms with Crippen molar-refractivity contribution in [2.45, 2.75) is 18.0 Å². The van der Waals surface area contributed by atoms with E-state index >= 15 is 0 Å². The highest BCUT2D eigenvalue weighted by Gasteiger charge is 2.20. The van der Waals surface area contributed by atoms with Crippen LogP contribution < -0.4 is 10.5 Å². The number of fused-ring (bicyclic) bond motifs is 1. The smallest absolute Gasteiger partial charge is 0.268 e. The summed E-state index contributed by atoms with van der Waals surface area (Å²) in [6.45, 7) is 1.74. The summed E-state index contributed by atoms with van der Waals surface area (Å²) in [7, 11) is -2.24. The highest BCUT2D eigenvalue weighted by molar-refractivity contribution is 7.89. The van der Waals surface area contributed by atoms with E-state index in [1.165, 1.54) is 12.3 Å². The van der Waals surface area contributed by atoms with Gasteiger partial charge in [-0.3, -0.25) is 4.79 Å². The second-order valence-corrected chi connectivity index (χ2v) is 8.41. The van der Waals surface area contributed by atoms with Crippen LogP contribution in [0.5, 0.6) is 0 Å². The van der Waals surface area contributed by atoms with E-state index in [-0.39, 0.29) is 10.9 Å². The number of nitrogens with zero attached hydrogens (tertiary/aromatic N) is 2. The molecule has 0 saturated carbocycles. The van der Waals surface area contributed by atoms with Gasteiger partial charge in [-0.15, -0.1) is 0 Å². The summed E-state index contributed by atoms with van der Waals surface area (Å²) in [4.78, 5) is 16.5. The largest absolute Gasteiger partial charge is 0.344 e. The Morgan fingerprint density at radius 1 is 1.26 bits per heavy atom. The van der Waals surface area contributed by atoms with Gasteiger partial charge in [0.1, 0.15) is 5.69 Å². The molecule has 0 aliphatic carbocycles. The number of carbonyl (C=O) groups excluding carboxylic acids is 1. The predicted octanol–water partition coefficient (Wildman–Crippen LogP) is 3.02. The van der Waals surface area contributed by atoms with Crippen molar-refractivity contribution >= 4 is 50.0 Å². The van der Waals surface area contributed by atoms with Gasteiger partial charge in [-0.2, -0.15) is 0 Å². The van der Waals surface area contributed by atoms with Crippen molar-refractivity contribution in [1.82, 2.24) is 14.9 Å². The first-order valence-corrected chi connectivity index (χ1v) is 10.1. The number of primary sulfonamides is 1. The van der Waals surface area contributed by atoms with E-state index in [0.717, 1.165) is 10.9 Å². The van der Waals surface area contributed by atoms with Gasteiger partial charge >= 0.3 is 0 Å². The van der Waals surface area contributed by atoms with Gasteiger partial charge in [0.2, 0.25) is 0 Å². The molecule has 0 radical (unpaired) electrons. The van der Waals surface area contributed by atoms with Crippen LogP contribution in [0.15, 0.2) is 41.6 Å². The van der Waals surface area contributed by atoms with Gasteiger partial charge in [-0.25, -0.2) is 18.5 Å². The van der Waals surface area contributed by atoms with Gasteiger partial charge in [0.15, 0.2) is 5.03 Å². The number of hydrogen-bond donors (Lipinski definition) is 2. The van der Waals surface area contributed by atoms with Crippen LogP contribution in [-0.2, 0) is 17.1 Å². The lowest BCUT2D eigenvalue weighted by molar-refractivity contribution is 0.0932. The van der Waals surface area contributed by atoms with E-state index in [4.69, 9.17) is 28.3 Å². The number of sulfonamides is 1. The molecule has 0 aliphatic rings. The number of rotatable bonds is 4. The number of benzene rings is 1. The molecular weight excluding hydrogens is 411 g/mol. The standard InChI is InChI=1S/C17H16Cl2N4O3S/c1-9(11-5-13(19)17(21-8-11)27(20,25)26)22-16(24)15-6-10-3-4-12(18)7-14(10)23(15)2/h3-9H,1-2H3,(H,22,24)(H2,20,25,26). The number of halogens is 2. The van der Waals surface area contributed by atoms with Crippen LogP contribution in [-0.4, -0.2) is 23.9 Å². The lowest BCUT2D eigenvalue weighted by Crippen LogP contribution is -2.28. The van der Waals surface area contributed by atoms with Crippen molar-refractivity contribution in [1.29, 1.82) is 0 Å². The highest BCUT2D eigenvalue weighted by Crippen LogP contribution is 2.25. The zero-order valence-corrected chi connectivity index (χ0v) is 16.7. The number of carbonyl (C=O) groups is 1. The van der Waals surface area contributed by atoms with Gasteiger partial charge in [-0.05, 0) is 36.8 Å². The lowest BCUT2D eigenvalue weighted by atomic mass is 10.1. The Bertz CT molecular complexity index is 1160. The summed E-state index contributed by atoms with van der Waals surface area (Å²) in [6, 6.07) is 8.11. The first kappa shape index (κ1) is 19.6. The van der Waals surface area contributed by atoms with Gasteiger partial charge in [0.05, 0.1) is 11.1 Å². The molecule has 1 atom stereocenters. The molecule has 1 amide bonds. The van der Waals surface area contributed by atoms with Gasteiger partial charge in [0.25, 0.3) is 15.9 Å². The van der Waals surface area contributed by atoms with E-state index in [9.17, 15) is 13.2 Å². The fraction of sp³-hybridized carbons (Fsp3) is 0.176. The third-order valence-corrected chi connectivity index (χ3v) is 5.69. The van der Waals surface area contributed by atoms with E-state index < -0.39 is 21.1 Å². The van der Waals surface area contributed by atoms with Crippen LogP contribution in [0.4, 0.5) is 0 Å². The molecule has 142 valence electrons. The van der Waals surface area contributed by atoms with Crippen LogP contribution in [0.2, 0.25) is 10.0 Å². The third kappa shape index (κ3) is 3.93. The highest BCUT2D eigenvalue weighted by atomic mass is 35.5. The molecule has 27 heavy (non-hydrogen) atoms. The molecule has 7 nitrogen and oxygen atoms in total. The Balaban J connectivity index is 1.86. The minimum atomic E-state index is -4.01. The SMILES string of the molecule is CC(NC(=O)c1cc2ccc(Cl)cc2n1C)c1cnc(S(N)(=O)=O)c(Cl)c1. The Morgan fingerprint density at radius 3 is 2.59 bits per heavy atom. The minimum Gasteiger partial charge on any atom is -0.344 e. The predicted molar refractivity (Wildman–Crippen MR) is 104 cm³/mol. The molecule has 3 N–H and O–H groups in total. The number of hydrogen-bond acceptors (Lipinski definition) is 4.